The monoisotopic (exact) mass is 203 g/mol. The number of hydrogen-bond acceptors (Lipinski definition) is 2. The topological polar surface area (TPSA) is 20.3 Å². The summed E-state index contributed by atoms with van der Waals surface area (Å²) >= 11 is 0. The number of allylic oxidation sites excluding steroid dienone is 4. The molecule has 80 valence electrons. The minimum absolute atomic E-state index is 0.0506. The molecule has 1 heterocycles. The Balaban J connectivity index is 2.52. The van der Waals surface area contributed by atoms with Gasteiger partial charge < -0.3 is 9.69 Å². The van der Waals surface area contributed by atoms with Crippen molar-refractivity contribution in [2.75, 3.05) is 7.05 Å². The Labute approximate surface area is 91.0 Å². The van der Waals surface area contributed by atoms with Crippen LogP contribution in [0.15, 0.2) is 36.1 Å². The lowest BCUT2D eigenvalue weighted by molar-refractivity contribution is -0.113. The number of aldehydes is 1. The quantitative estimate of drug-likeness (QED) is 0.609. The normalized spacial score (nSPS) is 32.6. The van der Waals surface area contributed by atoms with E-state index < -0.39 is 0 Å². The summed E-state index contributed by atoms with van der Waals surface area (Å²) in [5.41, 5.74) is 2.25. The molecule has 2 aliphatic rings. The smallest absolute Gasteiger partial charge is 0.142 e. The molecule has 1 fully saturated rings. The fourth-order valence-electron chi connectivity index (χ4n) is 2.93. The van der Waals surface area contributed by atoms with Crippen LogP contribution in [-0.2, 0) is 4.79 Å². The van der Waals surface area contributed by atoms with Gasteiger partial charge in [-0.1, -0.05) is 32.6 Å². The number of fused-ring (bicyclic) bond motifs is 1. The minimum atomic E-state index is -0.0653. The molecule has 0 bridgehead atoms. The third kappa shape index (κ3) is 1.21. The lowest BCUT2D eigenvalue weighted by Crippen LogP contribution is -2.36. The largest absolute Gasteiger partial charge is 0.367 e. The van der Waals surface area contributed by atoms with Gasteiger partial charge in [-0.05, 0) is 11.6 Å². The maximum absolute atomic E-state index is 11.2. The zero-order valence-electron chi connectivity index (χ0n) is 9.53. The zero-order valence-corrected chi connectivity index (χ0v) is 9.53. The van der Waals surface area contributed by atoms with Crippen molar-refractivity contribution in [3.8, 4) is 0 Å². The molecule has 0 amide bonds. The van der Waals surface area contributed by atoms with E-state index in [1.807, 2.05) is 19.2 Å². The van der Waals surface area contributed by atoms with Gasteiger partial charge in [-0.3, -0.25) is 0 Å². The summed E-state index contributed by atoms with van der Waals surface area (Å²) in [4.78, 5) is 13.2. The first-order valence-electron chi connectivity index (χ1n) is 5.25. The predicted molar refractivity (Wildman–Crippen MR) is 61.2 cm³/mol. The van der Waals surface area contributed by atoms with Gasteiger partial charge in [0.2, 0.25) is 0 Å². The highest BCUT2D eigenvalue weighted by molar-refractivity contribution is 5.63. The fourth-order valence-corrected chi connectivity index (χ4v) is 2.93. The van der Waals surface area contributed by atoms with Crippen molar-refractivity contribution in [3.05, 3.63) is 36.1 Å². The average Bonchev–Trinajstić information content (AvgIpc) is 2.36. The van der Waals surface area contributed by atoms with Crippen molar-refractivity contribution in [3.63, 3.8) is 0 Å². The second-order valence-electron chi connectivity index (χ2n) is 4.97. The van der Waals surface area contributed by atoms with E-state index in [1.165, 1.54) is 5.70 Å². The Morgan fingerprint density at radius 3 is 2.73 bits per heavy atom. The molecular weight excluding hydrogens is 186 g/mol. The molecule has 0 N–H and O–H groups in total. The van der Waals surface area contributed by atoms with Crippen LogP contribution in [0.25, 0.3) is 0 Å². The third-order valence-electron chi connectivity index (χ3n) is 3.70. The Bertz CT molecular complexity index is 376. The molecule has 2 nitrogen and oxygen atoms in total. The number of rotatable bonds is 1. The van der Waals surface area contributed by atoms with E-state index in [-0.39, 0.29) is 17.4 Å². The summed E-state index contributed by atoms with van der Waals surface area (Å²) in [5, 5.41) is 0. The van der Waals surface area contributed by atoms with Crippen molar-refractivity contribution in [1.82, 2.24) is 4.90 Å². The SMILES string of the molecule is C=C1C=CC=C2C1C(C)(C)C(C=O)N2C. The van der Waals surface area contributed by atoms with Gasteiger partial charge in [-0.15, -0.1) is 0 Å². The van der Waals surface area contributed by atoms with Crippen LogP contribution in [0.5, 0.6) is 0 Å². The lowest BCUT2D eigenvalue weighted by atomic mass is 9.72. The second kappa shape index (κ2) is 3.09. The molecule has 0 spiro atoms. The summed E-state index contributed by atoms with van der Waals surface area (Å²) in [7, 11) is 1.99. The van der Waals surface area contributed by atoms with Crippen LogP contribution in [0.2, 0.25) is 0 Å². The highest BCUT2D eigenvalue weighted by atomic mass is 16.1. The van der Waals surface area contributed by atoms with E-state index in [4.69, 9.17) is 0 Å². The van der Waals surface area contributed by atoms with Crippen molar-refractivity contribution >= 4 is 6.29 Å². The maximum Gasteiger partial charge on any atom is 0.142 e. The molecule has 1 aliphatic carbocycles. The Hall–Kier alpha value is -1.31. The van der Waals surface area contributed by atoms with Gasteiger partial charge in [0.1, 0.15) is 6.29 Å². The molecule has 2 atom stereocenters. The van der Waals surface area contributed by atoms with Crippen LogP contribution in [0.3, 0.4) is 0 Å². The van der Waals surface area contributed by atoms with Gasteiger partial charge in [0.05, 0.1) is 6.04 Å². The van der Waals surface area contributed by atoms with Gasteiger partial charge in [0.15, 0.2) is 0 Å². The molecule has 1 aliphatic heterocycles. The Morgan fingerprint density at radius 2 is 2.20 bits per heavy atom. The van der Waals surface area contributed by atoms with E-state index in [9.17, 15) is 4.79 Å². The summed E-state index contributed by atoms with van der Waals surface area (Å²) in [6.45, 7) is 8.36. The number of nitrogens with zero attached hydrogens (tertiary/aromatic N) is 1. The van der Waals surface area contributed by atoms with E-state index in [0.29, 0.717) is 0 Å². The van der Waals surface area contributed by atoms with E-state index in [1.54, 1.807) is 0 Å². The zero-order chi connectivity index (χ0) is 11.2. The standard InChI is InChI=1S/C13H17NO/c1-9-6-5-7-10-12(9)13(2,3)11(8-15)14(10)4/h5-8,11-12H,1H2,2-4H3. The van der Waals surface area contributed by atoms with Crippen LogP contribution in [0.1, 0.15) is 13.8 Å². The minimum Gasteiger partial charge on any atom is -0.367 e. The summed E-state index contributed by atoms with van der Waals surface area (Å²) in [6, 6.07) is -0.0506. The highest BCUT2D eigenvalue weighted by Crippen LogP contribution is 2.50. The summed E-state index contributed by atoms with van der Waals surface area (Å²) in [5.74, 6) is 0.280. The van der Waals surface area contributed by atoms with Gasteiger partial charge in [0.25, 0.3) is 0 Å². The molecule has 0 aromatic rings. The van der Waals surface area contributed by atoms with Crippen LogP contribution in [0.4, 0.5) is 0 Å². The first-order chi connectivity index (χ1) is 7.00. The summed E-state index contributed by atoms with van der Waals surface area (Å²) in [6.07, 6.45) is 7.18. The fraction of sp³-hybridized carbons (Fsp3) is 0.462. The molecule has 0 aromatic heterocycles. The maximum atomic E-state index is 11.2. The van der Waals surface area contributed by atoms with Crippen LogP contribution >= 0.6 is 0 Å². The molecule has 1 saturated heterocycles. The van der Waals surface area contributed by atoms with Crippen LogP contribution < -0.4 is 0 Å². The third-order valence-corrected chi connectivity index (χ3v) is 3.70. The second-order valence-corrected chi connectivity index (χ2v) is 4.97. The van der Waals surface area contributed by atoms with Crippen LogP contribution in [-0.4, -0.2) is 24.3 Å². The van der Waals surface area contributed by atoms with E-state index in [2.05, 4.69) is 31.4 Å². The van der Waals surface area contributed by atoms with Gasteiger partial charge in [-0.25, -0.2) is 0 Å². The number of carbonyl (C=O) groups excluding carboxylic acids is 1. The van der Waals surface area contributed by atoms with Gasteiger partial charge in [0, 0.05) is 24.1 Å². The molecule has 2 heteroatoms. The molecular formula is C13H17NO. The van der Waals surface area contributed by atoms with Crippen molar-refractivity contribution < 1.29 is 4.79 Å². The lowest BCUT2D eigenvalue weighted by Gasteiger charge is -2.30. The van der Waals surface area contributed by atoms with Gasteiger partial charge in [-0.2, -0.15) is 0 Å². The number of likely N-dealkylation sites (N-methyl/N-ethyl adjacent to an activating group) is 1. The van der Waals surface area contributed by atoms with Crippen LogP contribution in [0, 0.1) is 11.3 Å². The first kappa shape index (κ1) is 10.2. The Morgan fingerprint density at radius 1 is 1.53 bits per heavy atom. The van der Waals surface area contributed by atoms with Gasteiger partial charge >= 0.3 is 0 Å². The number of hydrogen-bond donors (Lipinski definition) is 0. The molecule has 0 radical (unpaired) electrons. The molecule has 0 saturated carbocycles. The highest BCUT2D eigenvalue weighted by Gasteiger charge is 2.50. The Kier molecular flexibility index (Phi) is 2.10. The van der Waals surface area contributed by atoms with Crippen molar-refractivity contribution in [1.29, 1.82) is 0 Å². The molecule has 2 rings (SSSR count). The first-order valence-corrected chi connectivity index (χ1v) is 5.25. The number of carbonyl (C=O) groups is 1. The molecule has 2 unspecified atom stereocenters. The summed E-state index contributed by atoms with van der Waals surface area (Å²) < 4.78 is 0. The van der Waals surface area contributed by atoms with E-state index in [0.717, 1.165) is 11.9 Å². The van der Waals surface area contributed by atoms with Crippen molar-refractivity contribution in [2.45, 2.75) is 19.9 Å². The molecule has 0 aromatic carbocycles. The van der Waals surface area contributed by atoms with Crippen molar-refractivity contribution in [2.24, 2.45) is 11.3 Å². The number of likely N-dealkylation sites (tertiary alicyclic amines) is 1. The predicted octanol–water partition coefficient (Wildman–Crippen LogP) is 2.15. The van der Waals surface area contributed by atoms with E-state index >= 15 is 0 Å². The average molecular weight is 203 g/mol. The molecule has 15 heavy (non-hydrogen) atoms.